The van der Waals surface area contributed by atoms with Gasteiger partial charge in [0.15, 0.2) is 0 Å². The topological polar surface area (TPSA) is 37.3 Å². The Morgan fingerprint density at radius 1 is 1.17 bits per heavy atom. The van der Waals surface area contributed by atoms with E-state index in [-0.39, 0.29) is 11.8 Å². The smallest absolute Gasteiger partial charge is 0.311 e. The lowest BCUT2D eigenvalue weighted by Crippen LogP contribution is -2.27. The van der Waals surface area contributed by atoms with Gasteiger partial charge in [0.2, 0.25) is 0 Å². The molecular formula is C16H22O2. The van der Waals surface area contributed by atoms with Gasteiger partial charge in [-0.2, -0.15) is 0 Å². The molecule has 0 spiro atoms. The molecule has 0 heterocycles. The molecule has 1 aliphatic carbocycles. The molecule has 2 rings (SSSR count). The van der Waals surface area contributed by atoms with Crippen molar-refractivity contribution in [1.82, 2.24) is 0 Å². The fourth-order valence-corrected chi connectivity index (χ4v) is 3.26. The van der Waals surface area contributed by atoms with Gasteiger partial charge in [0, 0.05) is 0 Å². The third-order valence-electron chi connectivity index (χ3n) is 4.34. The summed E-state index contributed by atoms with van der Waals surface area (Å²) in [5.74, 6) is -0.237. The minimum absolute atomic E-state index is 0.227. The molecule has 1 fully saturated rings. The second-order valence-corrected chi connectivity index (χ2v) is 5.48. The lowest BCUT2D eigenvalue weighted by Gasteiger charge is -2.31. The van der Waals surface area contributed by atoms with E-state index in [1.807, 2.05) is 30.3 Å². The summed E-state index contributed by atoms with van der Waals surface area (Å²) in [6.07, 6.45) is 6.22. The zero-order chi connectivity index (χ0) is 13.0. The monoisotopic (exact) mass is 246 g/mol. The first-order valence-corrected chi connectivity index (χ1v) is 6.98. The average Bonchev–Trinajstić information content (AvgIpc) is 2.40. The van der Waals surface area contributed by atoms with Crippen molar-refractivity contribution in [2.45, 2.75) is 44.9 Å². The van der Waals surface area contributed by atoms with Crippen molar-refractivity contribution in [3.63, 3.8) is 0 Å². The van der Waals surface area contributed by atoms with Crippen molar-refractivity contribution in [1.29, 1.82) is 0 Å². The second-order valence-electron chi connectivity index (χ2n) is 5.48. The van der Waals surface area contributed by atoms with E-state index in [4.69, 9.17) is 0 Å². The van der Waals surface area contributed by atoms with Crippen molar-refractivity contribution in [3.05, 3.63) is 35.9 Å². The Morgan fingerprint density at radius 3 is 2.33 bits per heavy atom. The van der Waals surface area contributed by atoms with Gasteiger partial charge in [0.05, 0.1) is 5.92 Å². The minimum Gasteiger partial charge on any atom is -0.481 e. The molecule has 1 saturated carbocycles. The fraction of sp³-hybridized carbons (Fsp3) is 0.562. The average molecular weight is 246 g/mol. The van der Waals surface area contributed by atoms with Crippen LogP contribution in [0.2, 0.25) is 0 Å². The summed E-state index contributed by atoms with van der Waals surface area (Å²) in [6, 6.07) is 9.68. The number of carbonyl (C=O) groups is 1. The quantitative estimate of drug-likeness (QED) is 0.869. The van der Waals surface area contributed by atoms with E-state index in [1.54, 1.807) is 0 Å². The van der Waals surface area contributed by atoms with Gasteiger partial charge in [0.1, 0.15) is 0 Å². The minimum atomic E-state index is -0.681. The molecule has 2 unspecified atom stereocenters. The Morgan fingerprint density at radius 2 is 1.78 bits per heavy atom. The summed E-state index contributed by atoms with van der Waals surface area (Å²) < 4.78 is 0. The van der Waals surface area contributed by atoms with E-state index >= 15 is 0 Å². The number of carboxylic acids is 1. The summed E-state index contributed by atoms with van der Waals surface area (Å²) in [4.78, 5) is 11.6. The van der Waals surface area contributed by atoms with E-state index in [0.717, 1.165) is 5.56 Å². The SMILES string of the molecule is CC(C1CCCCC1)C(C(=O)O)c1ccccc1. The molecule has 18 heavy (non-hydrogen) atoms. The van der Waals surface area contributed by atoms with Crippen molar-refractivity contribution in [2.75, 3.05) is 0 Å². The maximum atomic E-state index is 11.6. The van der Waals surface area contributed by atoms with Gasteiger partial charge in [-0.1, -0.05) is 69.4 Å². The summed E-state index contributed by atoms with van der Waals surface area (Å²) in [5, 5.41) is 9.53. The molecule has 2 nitrogen and oxygen atoms in total. The van der Waals surface area contributed by atoms with Gasteiger partial charge in [-0.3, -0.25) is 4.79 Å². The molecule has 0 amide bonds. The van der Waals surface area contributed by atoms with Crippen LogP contribution in [0.1, 0.15) is 50.5 Å². The van der Waals surface area contributed by atoms with Crippen LogP contribution in [0.3, 0.4) is 0 Å². The van der Waals surface area contributed by atoms with Crippen LogP contribution in [0.25, 0.3) is 0 Å². The molecule has 0 saturated heterocycles. The Kier molecular flexibility index (Phi) is 4.40. The summed E-state index contributed by atoms with van der Waals surface area (Å²) in [5.41, 5.74) is 0.947. The molecule has 0 radical (unpaired) electrons. The highest BCUT2D eigenvalue weighted by Gasteiger charge is 2.32. The zero-order valence-corrected chi connectivity index (χ0v) is 11.0. The number of hydrogen-bond donors (Lipinski definition) is 1. The predicted octanol–water partition coefficient (Wildman–Crippen LogP) is 4.07. The highest BCUT2D eigenvalue weighted by Crippen LogP contribution is 2.38. The van der Waals surface area contributed by atoms with Crippen molar-refractivity contribution in [3.8, 4) is 0 Å². The van der Waals surface area contributed by atoms with E-state index in [1.165, 1.54) is 32.1 Å². The van der Waals surface area contributed by atoms with Crippen molar-refractivity contribution >= 4 is 5.97 Å². The van der Waals surface area contributed by atoms with Crippen LogP contribution in [-0.2, 0) is 4.79 Å². The van der Waals surface area contributed by atoms with Crippen LogP contribution in [0.5, 0.6) is 0 Å². The highest BCUT2D eigenvalue weighted by molar-refractivity contribution is 5.76. The normalized spacial score (nSPS) is 20.3. The lowest BCUT2D eigenvalue weighted by molar-refractivity contribution is -0.140. The van der Waals surface area contributed by atoms with Gasteiger partial charge in [-0.15, -0.1) is 0 Å². The van der Waals surface area contributed by atoms with Crippen LogP contribution in [0.4, 0.5) is 0 Å². The molecule has 2 atom stereocenters. The van der Waals surface area contributed by atoms with E-state index < -0.39 is 5.97 Å². The number of rotatable bonds is 4. The maximum Gasteiger partial charge on any atom is 0.311 e. The molecule has 2 heteroatoms. The van der Waals surface area contributed by atoms with E-state index in [2.05, 4.69) is 6.92 Å². The molecule has 0 bridgehead atoms. The Balaban J connectivity index is 2.17. The van der Waals surface area contributed by atoms with Crippen LogP contribution in [-0.4, -0.2) is 11.1 Å². The largest absolute Gasteiger partial charge is 0.481 e. The van der Waals surface area contributed by atoms with Gasteiger partial charge < -0.3 is 5.11 Å². The molecule has 1 aromatic carbocycles. The van der Waals surface area contributed by atoms with Gasteiger partial charge in [-0.05, 0) is 17.4 Å². The first-order valence-electron chi connectivity index (χ1n) is 6.98. The molecule has 1 aromatic rings. The Bertz CT molecular complexity index is 379. The van der Waals surface area contributed by atoms with Gasteiger partial charge in [0.25, 0.3) is 0 Å². The standard InChI is InChI=1S/C16H22O2/c1-12(13-8-4-2-5-9-13)15(16(17)18)14-10-6-3-7-11-14/h3,6-7,10-13,15H,2,4-5,8-9H2,1H3,(H,17,18). The molecular weight excluding hydrogens is 224 g/mol. The molecule has 0 aromatic heterocycles. The van der Waals surface area contributed by atoms with Crippen molar-refractivity contribution < 1.29 is 9.90 Å². The second kappa shape index (κ2) is 6.03. The van der Waals surface area contributed by atoms with Crippen LogP contribution in [0.15, 0.2) is 30.3 Å². The molecule has 98 valence electrons. The maximum absolute atomic E-state index is 11.6. The number of benzene rings is 1. The van der Waals surface area contributed by atoms with Gasteiger partial charge >= 0.3 is 5.97 Å². The third-order valence-corrected chi connectivity index (χ3v) is 4.34. The number of carboxylic acid groups (broad SMARTS) is 1. The third kappa shape index (κ3) is 2.92. The van der Waals surface area contributed by atoms with Crippen LogP contribution in [0, 0.1) is 11.8 Å². The number of hydrogen-bond acceptors (Lipinski definition) is 1. The molecule has 1 N–H and O–H groups in total. The first-order chi connectivity index (χ1) is 8.70. The predicted molar refractivity (Wildman–Crippen MR) is 72.6 cm³/mol. The number of aliphatic carboxylic acids is 1. The zero-order valence-electron chi connectivity index (χ0n) is 11.0. The van der Waals surface area contributed by atoms with Crippen molar-refractivity contribution in [2.24, 2.45) is 11.8 Å². The summed E-state index contributed by atoms with van der Waals surface area (Å²) in [6.45, 7) is 2.11. The molecule has 0 aliphatic heterocycles. The van der Waals surface area contributed by atoms with Crippen LogP contribution >= 0.6 is 0 Å². The Hall–Kier alpha value is -1.31. The van der Waals surface area contributed by atoms with E-state index in [0.29, 0.717) is 5.92 Å². The highest BCUT2D eigenvalue weighted by atomic mass is 16.4. The first kappa shape index (κ1) is 13.1. The summed E-state index contributed by atoms with van der Waals surface area (Å²) in [7, 11) is 0. The van der Waals surface area contributed by atoms with E-state index in [9.17, 15) is 9.90 Å². The van der Waals surface area contributed by atoms with Gasteiger partial charge in [-0.25, -0.2) is 0 Å². The molecule has 1 aliphatic rings. The fourth-order valence-electron chi connectivity index (χ4n) is 3.26. The summed E-state index contributed by atoms with van der Waals surface area (Å²) >= 11 is 0. The Labute approximate surface area is 109 Å². The lowest BCUT2D eigenvalue weighted by atomic mass is 9.73. The van der Waals surface area contributed by atoms with Crippen LogP contribution < -0.4 is 0 Å².